The van der Waals surface area contributed by atoms with Gasteiger partial charge in [0, 0.05) is 36.2 Å². The van der Waals surface area contributed by atoms with Gasteiger partial charge in [0.2, 0.25) is 0 Å². The minimum atomic E-state index is -0.808. The van der Waals surface area contributed by atoms with Gasteiger partial charge in [0.15, 0.2) is 38.9 Å². The zero-order valence-corrected chi connectivity index (χ0v) is 18.3. The molecule has 10 nitrogen and oxygen atoms in total. The van der Waals surface area contributed by atoms with Crippen molar-refractivity contribution in [2.45, 2.75) is 57.5 Å². The average molecular weight is 502 g/mol. The molecule has 2 aliphatic heterocycles. The van der Waals surface area contributed by atoms with Crippen LogP contribution in [0.2, 0.25) is 0 Å². The van der Waals surface area contributed by atoms with Crippen LogP contribution in [-0.2, 0) is 19.0 Å². The van der Waals surface area contributed by atoms with Gasteiger partial charge in [-0.1, -0.05) is 6.92 Å². The van der Waals surface area contributed by atoms with Crippen molar-refractivity contribution < 1.29 is 19.0 Å². The van der Waals surface area contributed by atoms with E-state index in [0.717, 1.165) is 13.0 Å². The third-order valence-electron chi connectivity index (χ3n) is 4.74. The van der Waals surface area contributed by atoms with Crippen molar-refractivity contribution in [1.29, 1.82) is 0 Å². The van der Waals surface area contributed by atoms with Crippen LogP contribution in [0.15, 0.2) is 6.33 Å². The molecule has 0 saturated carbocycles. The Morgan fingerprint density at radius 3 is 2.79 bits per heavy atom. The van der Waals surface area contributed by atoms with Crippen LogP contribution >= 0.6 is 22.6 Å². The molecule has 28 heavy (non-hydrogen) atoms. The fourth-order valence-electron chi connectivity index (χ4n) is 3.60. The standard InChI is InChI=1S/C17H23IN6O4/c1-5-6-20-12-8-13(23-16(18)22-12)24(7-21-8)15-11-9(27-17(2,3)28-11)10(26-15)14(25)19-4/h7,9-11,15H,5-6H2,1-4H3,(H,19,25)(H,20,22,23)/t9-,10+,11-,15-/m1/s1. The molecule has 0 aromatic carbocycles. The fourth-order valence-corrected chi connectivity index (χ4v) is 4.07. The Balaban J connectivity index is 1.75. The molecule has 2 aromatic heterocycles. The third-order valence-corrected chi connectivity index (χ3v) is 5.23. The molecule has 0 aliphatic carbocycles. The smallest absolute Gasteiger partial charge is 0.251 e. The van der Waals surface area contributed by atoms with Crippen LogP contribution in [0.5, 0.6) is 0 Å². The number of fused-ring (bicyclic) bond motifs is 2. The zero-order chi connectivity index (χ0) is 20.1. The number of imidazole rings is 1. The van der Waals surface area contributed by atoms with Crippen molar-refractivity contribution in [3.8, 4) is 0 Å². The lowest BCUT2D eigenvalue weighted by atomic mass is 10.1. The van der Waals surface area contributed by atoms with Gasteiger partial charge in [-0.05, 0) is 20.3 Å². The van der Waals surface area contributed by atoms with Crippen LogP contribution in [-0.4, -0.2) is 63.1 Å². The highest BCUT2D eigenvalue weighted by Crippen LogP contribution is 2.44. The van der Waals surface area contributed by atoms with Gasteiger partial charge in [-0.25, -0.2) is 15.0 Å². The maximum absolute atomic E-state index is 12.3. The molecule has 0 bridgehead atoms. The summed E-state index contributed by atoms with van der Waals surface area (Å²) in [5.74, 6) is -0.383. The zero-order valence-electron chi connectivity index (χ0n) is 16.1. The summed E-state index contributed by atoms with van der Waals surface area (Å²) in [7, 11) is 1.57. The largest absolute Gasteiger partial charge is 0.368 e. The van der Waals surface area contributed by atoms with E-state index in [0.29, 0.717) is 20.8 Å². The van der Waals surface area contributed by atoms with Gasteiger partial charge in [0.05, 0.1) is 6.33 Å². The summed E-state index contributed by atoms with van der Waals surface area (Å²) in [4.78, 5) is 25.8. The van der Waals surface area contributed by atoms with Crippen LogP contribution < -0.4 is 10.6 Å². The molecule has 11 heteroatoms. The number of halogens is 1. The summed E-state index contributed by atoms with van der Waals surface area (Å²) >= 11 is 2.08. The van der Waals surface area contributed by atoms with Crippen molar-refractivity contribution in [2.24, 2.45) is 0 Å². The van der Waals surface area contributed by atoms with Crippen molar-refractivity contribution in [2.75, 3.05) is 18.9 Å². The first-order valence-electron chi connectivity index (χ1n) is 9.21. The van der Waals surface area contributed by atoms with Gasteiger partial charge >= 0.3 is 0 Å². The van der Waals surface area contributed by atoms with E-state index >= 15 is 0 Å². The Hall–Kier alpha value is -1.57. The van der Waals surface area contributed by atoms with Crippen LogP contribution in [0, 0.1) is 3.83 Å². The van der Waals surface area contributed by atoms with E-state index in [9.17, 15) is 4.79 Å². The van der Waals surface area contributed by atoms with Crippen molar-refractivity contribution >= 4 is 45.5 Å². The van der Waals surface area contributed by atoms with E-state index in [1.165, 1.54) is 0 Å². The number of hydrogen-bond donors (Lipinski definition) is 2. The molecule has 2 aromatic rings. The normalized spacial score (nSPS) is 28.5. The number of carbonyl (C=O) groups excluding carboxylic acids is 1. The molecule has 2 N–H and O–H groups in total. The number of carbonyl (C=O) groups is 1. The number of nitrogens with one attached hydrogen (secondary N) is 2. The molecular formula is C17H23IN6O4. The third kappa shape index (κ3) is 3.33. The van der Waals surface area contributed by atoms with Crippen LogP contribution in [0.4, 0.5) is 5.82 Å². The van der Waals surface area contributed by atoms with Crippen LogP contribution in [0.25, 0.3) is 11.2 Å². The van der Waals surface area contributed by atoms with Gasteiger partial charge in [-0.2, -0.15) is 0 Å². The number of nitrogens with zero attached hydrogens (tertiary/aromatic N) is 4. The monoisotopic (exact) mass is 502 g/mol. The molecule has 0 unspecified atom stereocenters. The average Bonchev–Trinajstić information content (AvgIpc) is 3.29. The second kappa shape index (κ2) is 7.35. The maximum Gasteiger partial charge on any atom is 0.251 e. The summed E-state index contributed by atoms with van der Waals surface area (Å²) in [6, 6.07) is 0. The topological polar surface area (TPSA) is 112 Å². The van der Waals surface area contributed by atoms with Crippen molar-refractivity contribution in [3.05, 3.63) is 10.2 Å². The summed E-state index contributed by atoms with van der Waals surface area (Å²) in [5, 5.41) is 5.92. The predicted octanol–water partition coefficient (Wildman–Crippen LogP) is 1.42. The maximum atomic E-state index is 12.3. The number of aromatic nitrogens is 4. The lowest BCUT2D eigenvalue weighted by Gasteiger charge is -2.24. The first kappa shape index (κ1) is 19.7. The number of likely N-dealkylation sites (N-methyl/N-ethyl adjacent to an activating group) is 1. The molecule has 4 heterocycles. The van der Waals surface area contributed by atoms with Gasteiger partial charge in [-0.3, -0.25) is 9.36 Å². The number of amides is 1. The lowest BCUT2D eigenvalue weighted by Crippen LogP contribution is -2.41. The Kier molecular flexibility index (Phi) is 5.18. The lowest BCUT2D eigenvalue weighted by molar-refractivity contribution is -0.197. The van der Waals surface area contributed by atoms with E-state index < -0.39 is 30.3 Å². The van der Waals surface area contributed by atoms with E-state index in [-0.39, 0.29) is 5.91 Å². The quantitative estimate of drug-likeness (QED) is 0.467. The minimum absolute atomic E-state index is 0.252. The molecule has 0 radical (unpaired) electrons. The molecule has 2 aliphatic rings. The Morgan fingerprint density at radius 1 is 1.32 bits per heavy atom. The number of hydrogen-bond acceptors (Lipinski definition) is 8. The molecule has 2 fully saturated rings. The minimum Gasteiger partial charge on any atom is -0.368 e. The van der Waals surface area contributed by atoms with E-state index in [1.807, 2.05) is 13.8 Å². The fraction of sp³-hybridized carbons (Fsp3) is 0.647. The molecule has 0 spiro atoms. The Bertz CT molecular complexity index is 903. The summed E-state index contributed by atoms with van der Waals surface area (Å²) in [5.41, 5.74) is 1.27. The molecule has 4 rings (SSSR count). The molecule has 152 valence electrons. The van der Waals surface area contributed by atoms with E-state index in [2.05, 4.69) is 55.1 Å². The number of rotatable bonds is 5. The first-order chi connectivity index (χ1) is 13.3. The van der Waals surface area contributed by atoms with Gasteiger partial charge in [-0.15, -0.1) is 0 Å². The van der Waals surface area contributed by atoms with Gasteiger partial charge < -0.3 is 24.8 Å². The van der Waals surface area contributed by atoms with E-state index in [4.69, 9.17) is 14.2 Å². The Labute approximate surface area is 175 Å². The summed E-state index contributed by atoms with van der Waals surface area (Å²) < 4.78 is 20.5. The highest BCUT2D eigenvalue weighted by Gasteiger charge is 2.58. The number of ether oxygens (including phenoxy) is 3. The molecular weight excluding hydrogens is 479 g/mol. The SMILES string of the molecule is CCCNc1nc(I)nc2c1ncn2[C@@H]1O[C@H](C(=O)NC)[C@H]2OC(C)(C)O[C@H]21. The second-order valence-corrected chi connectivity index (χ2v) is 8.18. The first-order valence-corrected chi connectivity index (χ1v) is 10.3. The summed E-state index contributed by atoms with van der Waals surface area (Å²) in [6.07, 6.45) is 0.258. The highest BCUT2D eigenvalue weighted by atomic mass is 127. The second-order valence-electron chi connectivity index (χ2n) is 7.22. The van der Waals surface area contributed by atoms with Crippen molar-refractivity contribution in [1.82, 2.24) is 24.8 Å². The number of anilines is 1. The summed E-state index contributed by atoms with van der Waals surface area (Å²) in [6.45, 7) is 6.52. The molecule has 4 atom stereocenters. The van der Waals surface area contributed by atoms with Gasteiger partial charge in [0.1, 0.15) is 12.2 Å². The van der Waals surface area contributed by atoms with Gasteiger partial charge in [0.25, 0.3) is 5.91 Å². The molecule has 1 amide bonds. The van der Waals surface area contributed by atoms with Crippen molar-refractivity contribution in [3.63, 3.8) is 0 Å². The predicted molar refractivity (Wildman–Crippen MR) is 109 cm³/mol. The Morgan fingerprint density at radius 2 is 2.07 bits per heavy atom. The molecule has 2 saturated heterocycles. The highest BCUT2D eigenvalue weighted by molar-refractivity contribution is 14.1. The van der Waals surface area contributed by atoms with E-state index in [1.54, 1.807) is 17.9 Å². The van der Waals surface area contributed by atoms with Crippen LogP contribution in [0.3, 0.4) is 0 Å². The van der Waals surface area contributed by atoms with Crippen LogP contribution in [0.1, 0.15) is 33.4 Å².